The third-order valence-corrected chi connectivity index (χ3v) is 22.4. The van der Waals surface area contributed by atoms with E-state index in [1.807, 2.05) is 31.7 Å². The molecule has 1 saturated carbocycles. The molecule has 10 heterocycles. The second-order valence-corrected chi connectivity index (χ2v) is 31.2. The fraction of sp³-hybridized carbons (Fsp3) is 0.670. The lowest BCUT2D eigenvalue weighted by Crippen LogP contribution is -2.47. The molecule has 6 fully saturated rings. The molecule has 0 amide bonds. The van der Waals surface area contributed by atoms with Gasteiger partial charge in [-0.05, 0) is 244 Å². The lowest BCUT2D eigenvalue weighted by Gasteiger charge is -2.31. The fourth-order valence-corrected chi connectivity index (χ4v) is 15.2. The van der Waals surface area contributed by atoms with Crippen LogP contribution < -0.4 is 5.32 Å². The van der Waals surface area contributed by atoms with E-state index in [4.69, 9.17) is 0 Å². The summed E-state index contributed by atoms with van der Waals surface area (Å²) in [6, 6.07) is 38.1. The molecule has 7 unspecified atom stereocenters. The number of hydrogen-bond donors (Lipinski definition) is 1. The molecule has 11 nitrogen and oxygen atoms in total. The van der Waals surface area contributed by atoms with Gasteiger partial charge in [0.25, 0.3) is 0 Å². The molecule has 3 aromatic carbocycles. The molecular weight excluding hydrogens is 1320 g/mol. The van der Waals surface area contributed by atoms with Crippen LogP contribution in [-0.2, 0) is 54.0 Å². The summed E-state index contributed by atoms with van der Waals surface area (Å²) in [5.41, 5.74) is 11.1. The van der Waals surface area contributed by atoms with Gasteiger partial charge in [0, 0.05) is 155 Å². The first kappa shape index (κ1) is 115. The van der Waals surface area contributed by atoms with Crippen molar-refractivity contribution in [2.45, 2.75) is 283 Å². The summed E-state index contributed by atoms with van der Waals surface area (Å²) in [4.78, 5) is 14.4. The van der Waals surface area contributed by atoms with Crippen molar-refractivity contribution in [1.82, 2.24) is 53.0 Å². The number of para-hydroxylation sites is 2. The van der Waals surface area contributed by atoms with Crippen molar-refractivity contribution in [2.24, 2.45) is 40.0 Å². The maximum absolute atomic E-state index is 4.02. The second-order valence-electron chi connectivity index (χ2n) is 29.3. The van der Waals surface area contributed by atoms with Gasteiger partial charge in [0.1, 0.15) is 0 Å². The molecule has 12 heteroatoms. The highest BCUT2D eigenvalue weighted by Gasteiger charge is 2.20. The average molecular weight is 1500 g/mol. The zero-order chi connectivity index (χ0) is 72.0. The lowest BCUT2D eigenvalue weighted by molar-refractivity contribution is 0.200. The van der Waals surface area contributed by atoms with Gasteiger partial charge in [0.05, 0.1) is 0 Å². The third-order valence-electron chi connectivity index (χ3n) is 20.7. The summed E-state index contributed by atoms with van der Waals surface area (Å²) in [7, 11) is 21.9. The first-order valence-corrected chi connectivity index (χ1v) is 39.7. The van der Waals surface area contributed by atoms with E-state index in [1.54, 1.807) is 0 Å². The molecule has 1 aliphatic carbocycles. The van der Waals surface area contributed by atoms with Crippen molar-refractivity contribution in [1.29, 1.82) is 0 Å². The molecule has 1 N–H and O–H groups in total. The number of likely N-dealkylation sites (N-methyl/N-ethyl adjacent to an activating group) is 2. The molecule has 0 bridgehead atoms. The largest absolute Gasteiger partial charge is 0.357 e. The summed E-state index contributed by atoms with van der Waals surface area (Å²) in [6.45, 7) is 38.5. The minimum absolute atomic E-state index is 0. The van der Waals surface area contributed by atoms with Crippen LogP contribution in [0.5, 0.6) is 0 Å². The predicted molar refractivity (Wildman–Crippen MR) is 495 cm³/mol. The average Bonchev–Trinajstić information content (AvgIpc) is 1.64. The standard InChI is InChI=1S/C11H15N.C11H13N.C10H11N.2C7H15N.C7H11N.C6H14N2.C6H13NS.C6H9N.C6H13N.C6H12.C2H6.9CH4/c1-9-7-10-5-3-4-6-11(10)8-12(9)2;1-3-10-8-9-6-4-5-7-11(9)12(10)2;1-8-7-11(2)10-6-4-3-5-9(8)10;1-7-4-3-5-8(2)6-7;1-7-5-3-4-6-8(7)2;1-3-7-5-4-6-8(7)2;1-6-5-7-3-4-8(6)2;1-6-4-8(3)5-7(6)2;1-6-3-4-7(2)5-6;1-6-4-3-5-7(6)2;1-6-4-2-3-5-6;1-2;;;;;;;;;/h3-6,9H,7-8H2,1-2H3;4-8H,3H2,1-2H3;3-7H,1-2H3;2*7H,3-6H2,1-2H3;4-6H,3H2,1-2H3;6-7H,3-5H2,1-2H3;6H,3-5H2,1-2H3;3-5H,1-2H3;6H,3-5H2,1-2H3;6H,2-5H2,1H3;1-2H3;9*1H4. The van der Waals surface area contributed by atoms with E-state index in [0.29, 0.717) is 16.5 Å². The van der Waals surface area contributed by atoms with Crippen molar-refractivity contribution >= 4 is 38.2 Å². The monoisotopic (exact) mass is 1500 g/mol. The van der Waals surface area contributed by atoms with Crippen LogP contribution >= 0.6 is 10.5 Å². The minimum atomic E-state index is 0. The summed E-state index contributed by atoms with van der Waals surface area (Å²) in [5.74, 6) is 8.52. The minimum Gasteiger partial charge on any atom is -0.357 e. The van der Waals surface area contributed by atoms with Crippen molar-refractivity contribution in [3.05, 3.63) is 155 Å². The van der Waals surface area contributed by atoms with Crippen LogP contribution in [0, 0.1) is 25.7 Å². The molecule has 7 atom stereocenters. The third kappa shape index (κ3) is 43.6. The maximum Gasteiger partial charge on any atom is 0.0480 e. The van der Waals surface area contributed by atoms with E-state index in [9.17, 15) is 0 Å². The zero-order valence-corrected chi connectivity index (χ0v) is 67.5. The van der Waals surface area contributed by atoms with E-state index in [0.717, 1.165) is 68.5 Å². The first-order chi connectivity index (χ1) is 46.3. The quantitative estimate of drug-likeness (QED) is 0.173. The number of hydrogen-bond acceptors (Lipinski definition) is 7. The fourth-order valence-electron chi connectivity index (χ4n) is 13.3. The Kier molecular flexibility index (Phi) is 69.1. The van der Waals surface area contributed by atoms with Gasteiger partial charge in [-0.3, -0.25) is 9.80 Å². The van der Waals surface area contributed by atoms with Crippen LogP contribution in [0.15, 0.2) is 122 Å². The Balaban J connectivity index is -0.000000202. The van der Waals surface area contributed by atoms with Crippen LogP contribution in [0.25, 0.3) is 21.8 Å². The highest BCUT2D eigenvalue weighted by Crippen LogP contribution is 2.25. The van der Waals surface area contributed by atoms with Crippen molar-refractivity contribution in [3.8, 4) is 0 Å². The number of nitrogens with zero attached hydrogens (tertiary/aromatic N) is 10. The number of fused-ring (bicyclic) bond motifs is 3. The number of piperazine rings is 1. The molecule has 7 aromatic rings. The molecule has 620 valence electrons. The molecule has 14 rings (SSSR count). The normalized spacial score (nSPS) is 20.7. The number of rotatable bonds is 2. The topological polar surface area (TPSA) is 51.2 Å². The van der Waals surface area contributed by atoms with Crippen molar-refractivity contribution in [3.63, 3.8) is 0 Å². The van der Waals surface area contributed by atoms with Gasteiger partial charge in [-0.2, -0.15) is 10.5 Å². The summed E-state index contributed by atoms with van der Waals surface area (Å²) in [6.07, 6.45) is 27.6. The Morgan fingerprint density at radius 2 is 0.981 bits per heavy atom. The molecular formula is C94H183N11S. The van der Waals surface area contributed by atoms with Crippen molar-refractivity contribution < 1.29 is 0 Å². The summed E-state index contributed by atoms with van der Waals surface area (Å²) in [5, 5.41) is 6.02. The number of aromatic nitrogens is 4. The van der Waals surface area contributed by atoms with Crippen LogP contribution in [0.3, 0.4) is 0 Å². The van der Waals surface area contributed by atoms with Crippen LogP contribution in [0.4, 0.5) is 0 Å². The number of likely N-dealkylation sites (tertiary alicyclic amines) is 3. The molecule has 0 spiro atoms. The van der Waals surface area contributed by atoms with Gasteiger partial charge in [0.2, 0.25) is 0 Å². The second kappa shape index (κ2) is 64.0. The maximum atomic E-state index is 4.02. The summed E-state index contributed by atoms with van der Waals surface area (Å²) < 4.78 is 8.59. The van der Waals surface area contributed by atoms with Gasteiger partial charge in [0.15, 0.2) is 0 Å². The highest BCUT2D eigenvalue weighted by molar-refractivity contribution is 8.14. The van der Waals surface area contributed by atoms with Crippen LogP contribution in [0.2, 0.25) is 0 Å². The SMILES string of the molecule is C.C.C.C.C.C.C.C.C.C=S1CC(C)N(C)C1.CC.CC1CCCC1.CC1CCCCN1C.CC1CCCN(C)C1.CC1CCCN1C.CC1CNCCN1C.CC1Cc2ccccc2CN1C.CCc1cc2ccccc2n1C.CCc1cccn1C.Cc1ccn(C)c1.Cc1cn(C)c2ccccc12. The zero-order valence-electron chi connectivity index (χ0n) is 66.6. The number of piperidine rings is 2. The molecule has 6 aliphatic heterocycles. The number of benzene rings is 3. The molecule has 5 saturated heterocycles. The highest BCUT2D eigenvalue weighted by atomic mass is 32.2. The van der Waals surface area contributed by atoms with Crippen LogP contribution in [0.1, 0.15) is 247 Å². The molecule has 7 aliphatic rings. The van der Waals surface area contributed by atoms with Crippen molar-refractivity contribution in [2.75, 3.05) is 99.7 Å². The van der Waals surface area contributed by atoms with Crippen LogP contribution in [-0.4, -0.2) is 183 Å². The Hall–Kier alpha value is -4.76. The predicted octanol–water partition coefficient (Wildman–Crippen LogP) is 24.0. The van der Waals surface area contributed by atoms with E-state index in [2.05, 4.69) is 310 Å². The number of nitrogens with one attached hydrogen (secondary N) is 1. The lowest BCUT2D eigenvalue weighted by atomic mass is 9.96. The first-order valence-electron chi connectivity index (χ1n) is 38.0. The smallest absolute Gasteiger partial charge is 0.0480 e. The van der Waals surface area contributed by atoms with Gasteiger partial charge in [-0.15, -0.1) is 0 Å². The van der Waals surface area contributed by atoms with Gasteiger partial charge < -0.3 is 43.2 Å². The Morgan fingerprint density at radius 3 is 1.35 bits per heavy atom. The molecule has 0 radical (unpaired) electrons. The Bertz CT molecular complexity index is 2990. The van der Waals surface area contributed by atoms with E-state index >= 15 is 0 Å². The van der Waals surface area contributed by atoms with Gasteiger partial charge in [-0.1, -0.05) is 207 Å². The Labute approximate surface area is 666 Å². The molecule has 106 heavy (non-hydrogen) atoms. The number of aryl methyl sites for hydroxylation is 8. The van der Waals surface area contributed by atoms with E-state index in [-0.39, 0.29) is 66.8 Å². The van der Waals surface area contributed by atoms with E-state index < -0.39 is 0 Å². The van der Waals surface area contributed by atoms with Gasteiger partial charge >= 0.3 is 0 Å². The summed E-state index contributed by atoms with van der Waals surface area (Å²) >= 11 is 0. The van der Waals surface area contributed by atoms with Gasteiger partial charge in [-0.25, -0.2) is 0 Å². The van der Waals surface area contributed by atoms with E-state index in [1.165, 1.54) is 177 Å². The Morgan fingerprint density at radius 1 is 0.462 bits per heavy atom. The molecule has 4 aromatic heterocycles.